The Morgan fingerprint density at radius 1 is 1.56 bits per heavy atom. The predicted octanol–water partition coefficient (Wildman–Crippen LogP) is 0.396. The van der Waals surface area contributed by atoms with Gasteiger partial charge in [0.25, 0.3) is 5.91 Å². The van der Waals surface area contributed by atoms with Crippen molar-refractivity contribution in [1.82, 2.24) is 14.7 Å². The molecule has 0 radical (unpaired) electrons. The summed E-state index contributed by atoms with van der Waals surface area (Å²) in [6.45, 7) is 1.25. The molecule has 0 bridgehead atoms. The first-order valence-corrected chi connectivity index (χ1v) is 6.38. The zero-order chi connectivity index (χ0) is 12.7. The number of nitrogens with zero attached hydrogens (tertiary/aromatic N) is 3. The molecule has 6 heteroatoms. The molecule has 0 spiro atoms. The average Bonchev–Trinajstić information content (AvgIpc) is 2.94. The van der Waals surface area contributed by atoms with Gasteiger partial charge < -0.3 is 15.4 Å². The van der Waals surface area contributed by atoms with Crippen LogP contribution in [-0.4, -0.2) is 45.9 Å². The molecule has 2 unspecified atom stereocenters. The van der Waals surface area contributed by atoms with E-state index in [1.807, 2.05) is 4.90 Å². The minimum Gasteiger partial charge on any atom is -0.396 e. The van der Waals surface area contributed by atoms with Crippen LogP contribution < -0.4 is 5.73 Å². The van der Waals surface area contributed by atoms with Crippen LogP contribution in [0.15, 0.2) is 6.20 Å². The van der Waals surface area contributed by atoms with Gasteiger partial charge in [0, 0.05) is 19.8 Å². The highest BCUT2D eigenvalue weighted by molar-refractivity contribution is 5.97. The normalized spacial score (nSPS) is 27.3. The van der Waals surface area contributed by atoms with Crippen LogP contribution in [0.2, 0.25) is 0 Å². The number of aryl methyl sites for hydroxylation is 1. The van der Waals surface area contributed by atoms with Crippen LogP contribution in [0, 0.1) is 0 Å². The fourth-order valence-corrected chi connectivity index (χ4v) is 2.99. The maximum absolute atomic E-state index is 12.5. The molecule has 1 amide bonds. The summed E-state index contributed by atoms with van der Waals surface area (Å²) in [4.78, 5) is 14.4. The number of ether oxygens (including phenoxy) is 1. The third-order valence-corrected chi connectivity index (χ3v) is 3.80. The number of nitrogens with two attached hydrogens (primary N) is 1. The molecule has 0 aromatic carbocycles. The molecule has 18 heavy (non-hydrogen) atoms. The number of hydrogen-bond acceptors (Lipinski definition) is 4. The monoisotopic (exact) mass is 250 g/mol. The fraction of sp³-hybridized carbons (Fsp3) is 0.667. The van der Waals surface area contributed by atoms with Gasteiger partial charge in [-0.05, 0) is 19.3 Å². The first-order chi connectivity index (χ1) is 8.66. The summed E-state index contributed by atoms with van der Waals surface area (Å²) < 4.78 is 7.28. The number of fused-ring (bicyclic) bond motifs is 1. The number of aromatic nitrogens is 2. The molecule has 1 aromatic rings. The molecule has 1 aliphatic carbocycles. The lowest BCUT2D eigenvalue weighted by Gasteiger charge is -2.37. The standard InChI is InChI=1S/C12H18N4O2/c1-15-7-8(13)11(14-15)12(17)16-5-6-18-10-4-2-3-9(10)16/h7,9-10H,2-6,13H2,1H3. The predicted molar refractivity (Wildman–Crippen MR) is 66.0 cm³/mol. The topological polar surface area (TPSA) is 73.4 Å². The largest absolute Gasteiger partial charge is 0.396 e. The third-order valence-electron chi connectivity index (χ3n) is 3.80. The lowest BCUT2D eigenvalue weighted by atomic mass is 10.1. The minimum absolute atomic E-state index is 0.0618. The van der Waals surface area contributed by atoms with Gasteiger partial charge in [-0.3, -0.25) is 9.48 Å². The lowest BCUT2D eigenvalue weighted by molar-refractivity contribution is -0.0447. The van der Waals surface area contributed by atoms with Crippen LogP contribution in [0.3, 0.4) is 0 Å². The van der Waals surface area contributed by atoms with Gasteiger partial charge in [-0.2, -0.15) is 5.10 Å². The lowest BCUT2D eigenvalue weighted by Crippen LogP contribution is -2.51. The van der Waals surface area contributed by atoms with Crippen molar-refractivity contribution in [1.29, 1.82) is 0 Å². The van der Waals surface area contributed by atoms with Crippen molar-refractivity contribution >= 4 is 11.6 Å². The molecule has 6 nitrogen and oxygen atoms in total. The smallest absolute Gasteiger partial charge is 0.276 e. The molecule has 2 atom stereocenters. The van der Waals surface area contributed by atoms with E-state index in [1.165, 1.54) is 0 Å². The number of anilines is 1. The Labute approximate surface area is 106 Å². The van der Waals surface area contributed by atoms with Crippen molar-refractivity contribution in [3.63, 3.8) is 0 Å². The maximum atomic E-state index is 12.5. The van der Waals surface area contributed by atoms with Gasteiger partial charge in [0.15, 0.2) is 5.69 Å². The van der Waals surface area contributed by atoms with Crippen molar-refractivity contribution in [2.75, 3.05) is 18.9 Å². The van der Waals surface area contributed by atoms with E-state index in [0.717, 1.165) is 19.3 Å². The van der Waals surface area contributed by atoms with Gasteiger partial charge in [-0.15, -0.1) is 0 Å². The van der Waals surface area contributed by atoms with Gasteiger partial charge in [-0.1, -0.05) is 0 Å². The van der Waals surface area contributed by atoms with E-state index in [0.29, 0.717) is 24.5 Å². The Balaban J connectivity index is 1.85. The molecule has 98 valence electrons. The Kier molecular flexibility index (Phi) is 2.74. The average molecular weight is 250 g/mol. The molecule has 2 fully saturated rings. The summed E-state index contributed by atoms with van der Waals surface area (Å²) in [6.07, 6.45) is 5.05. The summed E-state index contributed by atoms with van der Waals surface area (Å²) in [5, 5.41) is 4.16. The number of morpholine rings is 1. The Hall–Kier alpha value is -1.56. The molecular weight excluding hydrogens is 232 g/mol. The minimum atomic E-state index is -0.0618. The number of carbonyl (C=O) groups is 1. The first kappa shape index (κ1) is 11.5. The van der Waals surface area contributed by atoms with Gasteiger partial charge >= 0.3 is 0 Å². The van der Waals surface area contributed by atoms with Gasteiger partial charge in [0.1, 0.15) is 0 Å². The first-order valence-electron chi connectivity index (χ1n) is 6.38. The maximum Gasteiger partial charge on any atom is 0.276 e. The van der Waals surface area contributed by atoms with Crippen molar-refractivity contribution in [3.8, 4) is 0 Å². The van der Waals surface area contributed by atoms with Crippen LogP contribution >= 0.6 is 0 Å². The number of hydrogen-bond donors (Lipinski definition) is 1. The molecule has 3 rings (SSSR count). The number of amides is 1. The van der Waals surface area contributed by atoms with Crippen LogP contribution in [0.5, 0.6) is 0 Å². The summed E-state index contributed by atoms with van der Waals surface area (Å²) in [5.41, 5.74) is 6.64. The highest BCUT2D eigenvalue weighted by atomic mass is 16.5. The Bertz CT molecular complexity index is 471. The van der Waals surface area contributed by atoms with Gasteiger partial charge in [0.05, 0.1) is 24.4 Å². The second-order valence-electron chi connectivity index (χ2n) is 5.01. The molecule has 1 aliphatic heterocycles. The van der Waals surface area contributed by atoms with Crippen LogP contribution in [0.25, 0.3) is 0 Å². The summed E-state index contributed by atoms with van der Waals surface area (Å²) in [5.74, 6) is -0.0618. The molecular formula is C12H18N4O2. The van der Waals surface area contributed by atoms with Crippen molar-refractivity contribution in [3.05, 3.63) is 11.9 Å². The molecule has 2 N–H and O–H groups in total. The number of carbonyl (C=O) groups excluding carboxylic acids is 1. The van der Waals surface area contributed by atoms with E-state index in [1.54, 1.807) is 17.9 Å². The van der Waals surface area contributed by atoms with Crippen LogP contribution in [0.1, 0.15) is 29.8 Å². The highest BCUT2D eigenvalue weighted by Gasteiger charge is 2.39. The van der Waals surface area contributed by atoms with Crippen molar-refractivity contribution in [2.45, 2.75) is 31.4 Å². The second kappa shape index (κ2) is 4.28. The summed E-state index contributed by atoms with van der Waals surface area (Å²) >= 11 is 0. The molecule has 1 aromatic heterocycles. The Morgan fingerprint density at radius 3 is 3.11 bits per heavy atom. The molecule has 2 aliphatic rings. The van der Waals surface area contributed by atoms with E-state index in [-0.39, 0.29) is 18.1 Å². The zero-order valence-electron chi connectivity index (χ0n) is 10.5. The van der Waals surface area contributed by atoms with Gasteiger partial charge in [0.2, 0.25) is 0 Å². The fourth-order valence-electron chi connectivity index (χ4n) is 2.99. The van der Waals surface area contributed by atoms with E-state index in [4.69, 9.17) is 10.5 Å². The molecule has 1 saturated carbocycles. The highest BCUT2D eigenvalue weighted by Crippen LogP contribution is 2.30. The SMILES string of the molecule is Cn1cc(N)c(C(=O)N2CCOC3CCCC32)n1. The van der Waals surface area contributed by atoms with Gasteiger partial charge in [-0.25, -0.2) is 0 Å². The van der Waals surface area contributed by atoms with E-state index < -0.39 is 0 Å². The van der Waals surface area contributed by atoms with E-state index >= 15 is 0 Å². The zero-order valence-corrected chi connectivity index (χ0v) is 10.5. The summed E-state index contributed by atoms with van der Waals surface area (Å²) in [6, 6.07) is 0.202. The Morgan fingerprint density at radius 2 is 2.39 bits per heavy atom. The summed E-state index contributed by atoms with van der Waals surface area (Å²) in [7, 11) is 1.77. The van der Waals surface area contributed by atoms with E-state index in [9.17, 15) is 4.79 Å². The molecule has 1 saturated heterocycles. The van der Waals surface area contributed by atoms with Crippen LogP contribution in [0.4, 0.5) is 5.69 Å². The van der Waals surface area contributed by atoms with Crippen LogP contribution in [-0.2, 0) is 11.8 Å². The van der Waals surface area contributed by atoms with Crippen molar-refractivity contribution in [2.24, 2.45) is 7.05 Å². The van der Waals surface area contributed by atoms with E-state index in [2.05, 4.69) is 5.10 Å². The van der Waals surface area contributed by atoms with Crippen molar-refractivity contribution < 1.29 is 9.53 Å². The molecule has 2 heterocycles. The number of nitrogen functional groups attached to an aromatic ring is 1. The third kappa shape index (κ3) is 1.77. The quantitative estimate of drug-likeness (QED) is 0.782. The number of rotatable bonds is 1. The second-order valence-corrected chi connectivity index (χ2v) is 5.01.